The minimum absolute atomic E-state index is 0.810. The average Bonchev–Trinajstić information content (AvgIpc) is 3.05. The van der Waals surface area contributed by atoms with Crippen molar-refractivity contribution in [2.24, 2.45) is 0 Å². The van der Waals surface area contributed by atoms with Crippen molar-refractivity contribution in [3.63, 3.8) is 0 Å². The second kappa shape index (κ2) is 9.53. The first-order valence-electron chi connectivity index (χ1n) is 9.42. The number of rotatable bonds is 10. The molecule has 0 bridgehead atoms. The minimum Gasteiger partial charge on any atom is -0.494 e. The largest absolute Gasteiger partial charge is 0.494 e. The zero-order valence-electron chi connectivity index (χ0n) is 15.6. The Bertz CT molecular complexity index is 814. The van der Waals surface area contributed by atoms with Crippen LogP contribution in [0.4, 0.5) is 5.82 Å². The molecule has 3 rings (SSSR count). The van der Waals surface area contributed by atoms with Crippen molar-refractivity contribution >= 4 is 27.4 Å². The lowest BCUT2D eigenvalue weighted by Gasteiger charge is -2.09. The second-order valence-electron chi connectivity index (χ2n) is 6.55. The molecule has 2 heterocycles. The highest BCUT2D eigenvalue weighted by atomic mass is 32.1. The highest BCUT2D eigenvalue weighted by Gasteiger charge is 2.08. The van der Waals surface area contributed by atoms with E-state index in [-0.39, 0.29) is 0 Å². The third kappa shape index (κ3) is 4.94. The maximum Gasteiger partial charge on any atom is 0.138 e. The number of ether oxygens (including phenoxy) is 1. The van der Waals surface area contributed by atoms with E-state index < -0.39 is 0 Å². The molecule has 0 fully saturated rings. The van der Waals surface area contributed by atoms with Crippen molar-refractivity contribution in [1.29, 1.82) is 0 Å². The van der Waals surface area contributed by atoms with Gasteiger partial charge in [0.2, 0.25) is 0 Å². The summed E-state index contributed by atoms with van der Waals surface area (Å²) in [6, 6.07) is 8.44. The zero-order chi connectivity index (χ0) is 18.2. The smallest absolute Gasteiger partial charge is 0.138 e. The third-order valence-corrected chi connectivity index (χ3v) is 5.45. The van der Waals surface area contributed by atoms with E-state index in [2.05, 4.69) is 58.8 Å². The number of nitrogens with one attached hydrogen (secondary N) is 1. The van der Waals surface area contributed by atoms with E-state index >= 15 is 0 Å². The number of thiophene rings is 1. The molecule has 0 unspecified atom stereocenters. The predicted octanol–water partition coefficient (Wildman–Crippen LogP) is 5.61. The molecule has 3 aromatic rings. The number of nitrogens with zero attached hydrogens (tertiary/aromatic N) is 2. The van der Waals surface area contributed by atoms with Crippen molar-refractivity contribution < 1.29 is 4.74 Å². The highest BCUT2D eigenvalue weighted by molar-refractivity contribution is 7.17. The van der Waals surface area contributed by atoms with Crippen molar-refractivity contribution in [1.82, 2.24) is 9.97 Å². The van der Waals surface area contributed by atoms with Crippen molar-refractivity contribution in [3.05, 3.63) is 47.1 Å². The van der Waals surface area contributed by atoms with Gasteiger partial charge in [0.05, 0.1) is 12.0 Å². The van der Waals surface area contributed by atoms with Crippen LogP contribution in [-0.2, 0) is 6.42 Å². The monoisotopic (exact) mass is 369 g/mol. The van der Waals surface area contributed by atoms with Crippen LogP contribution in [0.15, 0.2) is 36.0 Å². The molecule has 138 valence electrons. The van der Waals surface area contributed by atoms with E-state index in [4.69, 9.17) is 4.74 Å². The van der Waals surface area contributed by atoms with Gasteiger partial charge in [-0.1, -0.05) is 38.3 Å². The molecule has 0 spiro atoms. The van der Waals surface area contributed by atoms with Crippen LogP contribution in [0.3, 0.4) is 0 Å². The fraction of sp³-hybridized carbons (Fsp3) is 0.429. The topological polar surface area (TPSA) is 47.0 Å². The van der Waals surface area contributed by atoms with Crippen molar-refractivity contribution in [2.75, 3.05) is 18.5 Å². The van der Waals surface area contributed by atoms with E-state index in [1.54, 1.807) is 17.7 Å². The molecule has 1 N–H and O–H groups in total. The molecule has 0 radical (unpaired) electrons. The van der Waals surface area contributed by atoms with Gasteiger partial charge in [0.25, 0.3) is 0 Å². The molecule has 1 aromatic carbocycles. The van der Waals surface area contributed by atoms with Crippen LogP contribution in [-0.4, -0.2) is 23.1 Å². The number of aromatic nitrogens is 2. The van der Waals surface area contributed by atoms with Gasteiger partial charge in [-0.3, -0.25) is 0 Å². The normalized spacial score (nSPS) is 11.0. The summed E-state index contributed by atoms with van der Waals surface area (Å²) in [5, 5.41) is 6.73. The first-order valence-corrected chi connectivity index (χ1v) is 10.3. The Morgan fingerprint density at radius 3 is 2.73 bits per heavy atom. The van der Waals surface area contributed by atoms with Gasteiger partial charge in [-0.05, 0) is 48.4 Å². The number of fused-ring (bicyclic) bond motifs is 1. The van der Waals surface area contributed by atoms with Gasteiger partial charge in [-0.25, -0.2) is 9.97 Å². The lowest BCUT2D eigenvalue weighted by Crippen LogP contribution is -2.07. The van der Waals surface area contributed by atoms with Gasteiger partial charge >= 0.3 is 0 Å². The molecule has 4 nitrogen and oxygen atoms in total. The number of hydrogen-bond acceptors (Lipinski definition) is 5. The lowest BCUT2D eigenvalue weighted by molar-refractivity contribution is 0.305. The predicted molar refractivity (Wildman–Crippen MR) is 110 cm³/mol. The number of anilines is 1. The van der Waals surface area contributed by atoms with Crippen LogP contribution in [0.1, 0.15) is 43.7 Å². The molecule has 2 aromatic heterocycles. The first-order chi connectivity index (χ1) is 12.8. The number of unbranched alkanes of at least 4 members (excludes halogenated alkanes) is 3. The molecule has 5 heteroatoms. The molecule has 0 aliphatic rings. The quantitative estimate of drug-likeness (QED) is 0.472. The van der Waals surface area contributed by atoms with Crippen molar-refractivity contribution in [3.8, 4) is 5.75 Å². The van der Waals surface area contributed by atoms with Crippen LogP contribution in [0, 0.1) is 6.92 Å². The summed E-state index contributed by atoms with van der Waals surface area (Å²) in [5.41, 5.74) is 2.52. The number of benzene rings is 1. The Kier molecular flexibility index (Phi) is 6.83. The molecule has 0 aliphatic heterocycles. The fourth-order valence-electron chi connectivity index (χ4n) is 2.95. The Morgan fingerprint density at radius 1 is 1.08 bits per heavy atom. The van der Waals surface area contributed by atoms with E-state index in [0.29, 0.717) is 0 Å². The minimum atomic E-state index is 0.810. The zero-order valence-corrected chi connectivity index (χ0v) is 16.4. The lowest BCUT2D eigenvalue weighted by atomic mass is 10.1. The van der Waals surface area contributed by atoms with Gasteiger partial charge in [0.15, 0.2) is 0 Å². The molecule has 0 saturated heterocycles. The van der Waals surface area contributed by atoms with Gasteiger partial charge in [0.1, 0.15) is 22.7 Å². The first kappa shape index (κ1) is 18.6. The third-order valence-electron chi connectivity index (χ3n) is 4.45. The van der Waals surface area contributed by atoms with Gasteiger partial charge in [-0.2, -0.15) is 0 Å². The van der Waals surface area contributed by atoms with E-state index in [1.807, 2.05) is 0 Å². The molecule has 0 atom stereocenters. The van der Waals surface area contributed by atoms with E-state index in [0.717, 1.165) is 47.8 Å². The molecule has 0 amide bonds. The highest BCUT2D eigenvalue weighted by Crippen LogP contribution is 2.28. The summed E-state index contributed by atoms with van der Waals surface area (Å²) in [6.45, 7) is 5.99. The molecule has 0 aliphatic carbocycles. The van der Waals surface area contributed by atoms with Crippen LogP contribution in [0.25, 0.3) is 10.2 Å². The van der Waals surface area contributed by atoms with Gasteiger partial charge < -0.3 is 10.1 Å². The summed E-state index contributed by atoms with van der Waals surface area (Å²) < 4.78 is 5.80. The fourth-order valence-corrected chi connectivity index (χ4v) is 3.84. The average molecular weight is 370 g/mol. The van der Waals surface area contributed by atoms with Crippen LogP contribution < -0.4 is 10.1 Å². The Hall–Kier alpha value is -2.14. The Labute approximate surface area is 159 Å². The molecule has 26 heavy (non-hydrogen) atoms. The second-order valence-corrected chi connectivity index (χ2v) is 7.41. The number of aryl methyl sites for hydroxylation is 1. The van der Waals surface area contributed by atoms with Crippen LogP contribution in [0.5, 0.6) is 5.75 Å². The summed E-state index contributed by atoms with van der Waals surface area (Å²) in [6.07, 6.45) is 7.52. The molecular weight excluding hydrogens is 342 g/mol. The summed E-state index contributed by atoms with van der Waals surface area (Å²) in [7, 11) is 0. The summed E-state index contributed by atoms with van der Waals surface area (Å²) in [5.74, 6) is 1.89. The molecule has 0 saturated carbocycles. The Morgan fingerprint density at radius 2 is 1.92 bits per heavy atom. The standard InChI is InChI=1S/C21H27N3OS/c1-3-4-5-6-13-25-18-9-7-17(8-10-18)11-12-22-20-19-16(2)14-26-21(19)24-15-23-20/h7-10,14-15H,3-6,11-13H2,1-2H3,(H,22,23,24). The maximum atomic E-state index is 5.80. The van der Waals surface area contributed by atoms with E-state index in [9.17, 15) is 0 Å². The summed E-state index contributed by atoms with van der Waals surface area (Å²) >= 11 is 1.67. The maximum absolute atomic E-state index is 5.80. The van der Waals surface area contributed by atoms with Crippen LogP contribution in [0.2, 0.25) is 0 Å². The number of hydrogen-bond donors (Lipinski definition) is 1. The SMILES string of the molecule is CCCCCCOc1ccc(CCNc2ncnc3scc(C)c23)cc1. The molecular formula is C21H27N3OS. The van der Waals surface area contributed by atoms with Crippen LogP contribution >= 0.6 is 11.3 Å². The van der Waals surface area contributed by atoms with Crippen molar-refractivity contribution in [2.45, 2.75) is 46.0 Å². The van der Waals surface area contributed by atoms with E-state index in [1.165, 1.54) is 30.4 Å². The Balaban J connectivity index is 1.47. The van der Waals surface area contributed by atoms with Gasteiger partial charge in [0, 0.05) is 6.54 Å². The summed E-state index contributed by atoms with van der Waals surface area (Å²) in [4.78, 5) is 9.78. The van der Waals surface area contributed by atoms with Gasteiger partial charge in [-0.15, -0.1) is 11.3 Å².